The Morgan fingerprint density at radius 2 is 1.57 bits per heavy atom. The van der Waals surface area contributed by atoms with Gasteiger partial charge in [-0.3, -0.25) is 14.4 Å². The van der Waals surface area contributed by atoms with Crippen molar-refractivity contribution in [1.29, 1.82) is 0 Å². The second-order valence-electron chi connectivity index (χ2n) is 8.26. The molecular weight excluding hydrogens is 378 g/mol. The minimum absolute atomic E-state index is 0.0768. The summed E-state index contributed by atoms with van der Waals surface area (Å²) in [5.41, 5.74) is 2.39. The molecule has 2 aromatic rings. The summed E-state index contributed by atoms with van der Waals surface area (Å²) in [6.07, 6.45) is 3.32. The van der Waals surface area contributed by atoms with E-state index in [1.54, 1.807) is 7.05 Å². The van der Waals surface area contributed by atoms with Crippen LogP contribution in [0.5, 0.6) is 0 Å². The van der Waals surface area contributed by atoms with Crippen LogP contribution in [0.15, 0.2) is 54.6 Å². The molecule has 2 aromatic carbocycles. The summed E-state index contributed by atoms with van der Waals surface area (Å²) in [5.74, 6) is -1.72. The van der Waals surface area contributed by atoms with Crippen LogP contribution >= 0.6 is 0 Å². The summed E-state index contributed by atoms with van der Waals surface area (Å²) in [7, 11) is 1.57. The molecule has 5 nitrogen and oxygen atoms in total. The normalized spacial score (nSPS) is 16.0. The van der Waals surface area contributed by atoms with Gasteiger partial charge >= 0.3 is 5.97 Å². The fraction of sp³-hybridized carbons (Fsp3) is 0.400. The van der Waals surface area contributed by atoms with Gasteiger partial charge in [0, 0.05) is 24.8 Å². The minimum atomic E-state index is -0.946. The zero-order valence-corrected chi connectivity index (χ0v) is 17.4. The Kier molecular flexibility index (Phi) is 7.03. The molecule has 1 fully saturated rings. The molecule has 30 heavy (non-hydrogen) atoms. The molecule has 3 rings (SSSR count). The van der Waals surface area contributed by atoms with Gasteiger partial charge in [0.2, 0.25) is 5.91 Å². The van der Waals surface area contributed by atoms with Crippen LogP contribution in [-0.4, -0.2) is 29.8 Å². The van der Waals surface area contributed by atoms with E-state index in [0.717, 1.165) is 29.5 Å². The lowest BCUT2D eigenvalue weighted by atomic mass is 9.75. The van der Waals surface area contributed by atoms with Crippen molar-refractivity contribution >= 4 is 17.7 Å². The van der Waals surface area contributed by atoms with Crippen molar-refractivity contribution in [2.75, 3.05) is 7.05 Å². The zero-order valence-electron chi connectivity index (χ0n) is 17.4. The van der Waals surface area contributed by atoms with E-state index in [0.29, 0.717) is 19.3 Å². The van der Waals surface area contributed by atoms with Gasteiger partial charge in [-0.1, -0.05) is 67.4 Å². The number of Topliss-reactive ketones (excluding diaryl/α,β-unsaturated/α-hetero) is 1. The molecule has 5 heteroatoms. The Balaban J connectivity index is 1.74. The SMILES string of the molecule is CNC(=O)[C@@H](CC(=O)C1(CC(=O)O)CCCC1)Cc1ccc(-c2ccccc2)cc1. The maximum atomic E-state index is 13.1. The van der Waals surface area contributed by atoms with Crippen molar-refractivity contribution in [2.45, 2.75) is 44.9 Å². The maximum absolute atomic E-state index is 13.1. The standard InChI is InChI=1S/C25H29NO4/c1-26-24(30)21(16-22(27)25(17-23(28)29)13-5-6-14-25)15-18-9-11-20(12-10-18)19-7-3-2-4-8-19/h2-4,7-12,21H,5-6,13-17H2,1H3,(H,26,30)(H,28,29)/t21-/m1/s1. The van der Waals surface area contributed by atoms with Crippen molar-refractivity contribution in [3.63, 3.8) is 0 Å². The van der Waals surface area contributed by atoms with Crippen LogP contribution in [0.4, 0.5) is 0 Å². The van der Waals surface area contributed by atoms with Gasteiger partial charge in [0.15, 0.2) is 0 Å². The highest BCUT2D eigenvalue weighted by Gasteiger charge is 2.43. The van der Waals surface area contributed by atoms with Gasteiger partial charge in [-0.2, -0.15) is 0 Å². The average molecular weight is 408 g/mol. The third-order valence-electron chi connectivity index (χ3n) is 6.23. The van der Waals surface area contributed by atoms with Crippen LogP contribution in [0.1, 0.15) is 44.1 Å². The molecule has 0 aromatic heterocycles. The third-order valence-corrected chi connectivity index (χ3v) is 6.23. The summed E-state index contributed by atoms with van der Waals surface area (Å²) in [4.78, 5) is 37.0. The van der Waals surface area contributed by atoms with E-state index < -0.39 is 17.3 Å². The topological polar surface area (TPSA) is 83.5 Å². The van der Waals surface area contributed by atoms with Crippen molar-refractivity contribution in [3.8, 4) is 11.1 Å². The monoisotopic (exact) mass is 407 g/mol. The van der Waals surface area contributed by atoms with Gasteiger partial charge in [-0.15, -0.1) is 0 Å². The predicted octanol–water partition coefficient (Wildman–Crippen LogP) is 4.25. The average Bonchev–Trinajstić information content (AvgIpc) is 3.23. The molecule has 0 saturated heterocycles. The molecule has 158 valence electrons. The van der Waals surface area contributed by atoms with Crippen LogP contribution in [0.2, 0.25) is 0 Å². The Morgan fingerprint density at radius 3 is 2.13 bits per heavy atom. The Hall–Kier alpha value is -2.95. The van der Waals surface area contributed by atoms with Gasteiger partial charge in [0.05, 0.1) is 6.42 Å². The first-order valence-corrected chi connectivity index (χ1v) is 10.5. The summed E-state index contributed by atoms with van der Waals surface area (Å²) in [6.45, 7) is 0. The third kappa shape index (κ3) is 5.15. The molecule has 0 heterocycles. The lowest BCUT2D eigenvalue weighted by Crippen LogP contribution is -2.37. The fourth-order valence-electron chi connectivity index (χ4n) is 4.55. The smallest absolute Gasteiger partial charge is 0.304 e. The van der Waals surface area contributed by atoms with Gasteiger partial charge < -0.3 is 10.4 Å². The lowest BCUT2D eigenvalue weighted by molar-refractivity contribution is -0.145. The van der Waals surface area contributed by atoms with Gasteiger partial charge in [0.1, 0.15) is 5.78 Å². The van der Waals surface area contributed by atoms with Crippen molar-refractivity contribution < 1.29 is 19.5 Å². The number of amides is 1. The highest BCUT2D eigenvalue weighted by Crippen LogP contribution is 2.43. The molecule has 1 saturated carbocycles. The number of carbonyl (C=O) groups excluding carboxylic acids is 2. The molecule has 0 aliphatic heterocycles. The number of carboxylic acids is 1. The molecule has 1 aliphatic carbocycles. The van der Waals surface area contributed by atoms with Crippen LogP contribution in [0, 0.1) is 11.3 Å². The Morgan fingerprint density at radius 1 is 0.967 bits per heavy atom. The number of hydrogen-bond donors (Lipinski definition) is 2. The Bertz CT molecular complexity index is 883. The molecule has 1 amide bonds. The minimum Gasteiger partial charge on any atom is -0.481 e. The first-order chi connectivity index (χ1) is 14.4. The van der Waals surface area contributed by atoms with Crippen molar-refractivity contribution in [3.05, 3.63) is 60.2 Å². The van der Waals surface area contributed by atoms with Crippen LogP contribution < -0.4 is 5.32 Å². The maximum Gasteiger partial charge on any atom is 0.304 e. The van der Waals surface area contributed by atoms with E-state index in [1.807, 2.05) is 54.6 Å². The Labute approximate surface area is 177 Å². The molecule has 0 unspecified atom stereocenters. The van der Waals surface area contributed by atoms with Crippen LogP contribution in [-0.2, 0) is 20.8 Å². The highest BCUT2D eigenvalue weighted by molar-refractivity contribution is 5.92. The number of aliphatic carboxylic acids is 1. The van der Waals surface area contributed by atoms with Crippen LogP contribution in [0.3, 0.4) is 0 Å². The zero-order chi connectivity index (χ0) is 21.6. The van der Waals surface area contributed by atoms with E-state index >= 15 is 0 Å². The number of hydrogen-bond acceptors (Lipinski definition) is 3. The highest BCUT2D eigenvalue weighted by atomic mass is 16.4. The number of ketones is 1. The van der Waals surface area contributed by atoms with E-state index in [-0.39, 0.29) is 24.5 Å². The number of rotatable bonds is 9. The van der Waals surface area contributed by atoms with Crippen LogP contribution in [0.25, 0.3) is 11.1 Å². The molecule has 0 spiro atoms. The summed E-state index contributed by atoms with van der Waals surface area (Å²) in [6, 6.07) is 18.1. The molecule has 0 radical (unpaired) electrons. The van der Waals surface area contributed by atoms with E-state index in [1.165, 1.54) is 0 Å². The van der Waals surface area contributed by atoms with Crippen molar-refractivity contribution in [2.24, 2.45) is 11.3 Å². The second kappa shape index (κ2) is 9.70. The summed E-state index contributed by atoms with van der Waals surface area (Å²) < 4.78 is 0. The number of carboxylic acid groups (broad SMARTS) is 1. The first kappa shape index (κ1) is 21.8. The number of nitrogens with one attached hydrogen (secondary N) is 1. The van der Waals surface area contributed by atoms with E-state index in [9.17, 15) is 19.5 Å². The molecule has 1 aliphatic rings. The molecule has 1 atom stereocenters. The predicted molar refractivity (Wildman–Crippen MR) is 116 cm³/mol. The number of benzene rings is 2. The van der Waals surface area contributed by atoms with Gasteiger partial charge in [-0.25, -0.2) is 0 Å². The summed E-state index contributed by atoms with van der Waals surface area (Å²) in [5, 5.41) is 12.0. The fourth-order valence-corrected chi connectivity index (χ4v) is 4.55. The van der Waals surface area contributed by atoms with E-state index in [4.69, 9.17) is 0 Å². The number of carbonyl (C=O) groups is 3. The van der Waals surface area contributed by atoms with Gasteiger partial charge in [-0.05, 0) is 36.0 Å². The summed E-state index contributed by atoms with van der Waals surface area (Å²) >= 11 is 0. The van der Waals surface area contributed by atoms with E-state index in [2.05, 4.69) is 5.32 Å². The largest absolute Gasteiger partial charge is 0.481 e. The van der Waals surface area contributed by atoms with Crippen molar-refractivity contribution in [1.82, 2.24) is 5.32 Å². The first-order valence-electron chi connectivity index (χ1n) is 10.5. The molecule has 0 bridgehead atoms. The second-order valence-corrected chi connectivity index (χ2v) is 8.26. The molecular formula is C25H29NO4. The lowest BCUT2D eigenvalue weighted by Gasteiger charge is -2.27. The quantitative estimate of drug-likeness (QED) is 0.651. The van der Waals surface area contributed by atoms with Gasteiger partial charge in [0.25, 0.3) is 0 Å². The molecule has 2 N–H and O–H groups in total.